The van der Waals surface area contributed by atoms with Gasteiger partial charge in [-0.3, -0.25) is 10.1 Å². The summed E-state index contributed by atoms with van der Waals surface area (Å²) in [6.07, 6.45) is 6.77. The molecule has 0 saturated heterocycles. The second-order valence-electron chi connectivity index (χ2n) is 5.16. The van der Waals surface area contributed by atoms with E-state index in [0.717, 1.165) is 24.8 Å². The molecule has 0 radical (unpaired) electrons. The standard InChI is InChI=1S/C14H17BrFNO2/c15-12-5-3-1-2-4-11(12)8-10-6-7-14(17(18)19)13(16)9-10/h6-7,9,11-12H,1-5,8H2. The van der Waals surface area contributed by atoms with Crippen LogP contribution >= 0.6 is 15.9 Å². The predicted molar refractivity (Wildman–Crippen MR) is 76.0 cm³/mol. The zero-order valence-corrected chi connectivity index (χ0v) is 12.2. The Morgan fingerprint density at radius 2 is 2.05 bits per heavy atom. The normalized spacial score (nSPS) is 23.9. The fourth-order valence-corrected chi connectivity index (χ4v) is 3.47. The van der Waals surface area contributed by atoms with Gasteiger partial charge in [0.05, 0.1) is 4.92 Å². The van der Waals surface area contributed by atoms with E-state index in [2.05, 4.69) is 15.9 Å². The zero-order chi connectivity index (χ0) is 13.8. The second kappa shape index (κ2) is 6.46. The van der Waals surface area contributed by atoms with Gasteiger partial charge in [-0.2, -0.15) is 4.39 Å². The van der Waals surface area contributed by atoms with Crippen LogP contribution in [0.15, 0.2) is 18.2 Å². The minimum atomic E-state index is -0.734. The van der Waals surface area contributed by atoms with Crippen molar-refractivity contribution in [1.29, 1.82) is 0 Å². The molecule has 5 heteroatoms. The fourth-order valence-electron chi connectivity index (χ4n) is 2.70. The molecule has 1 aliphatic rings. The topological polar surface area (TPSA) is 43.1 Å². The molecular formula is C14H17BrFNO2. The lowest BCUT2D eigenvalue weighted by Crippen LogP contribution is -2.15. The van der Waals surface area contributed by atoms with Gasteiger partial charge in [0, 0.05) is 10.9 Å². The molecule has 1 fully saturated rings. The van der Waals surface area contributed by atoms with E-state index in [9.17, 15) is 14.5 Å². The van der Waals surface area contributed by atoms with Crippen LogP contribution in [0.1, 0.15) is 37.7 Å². The third kappa shape index (κ3) is 3.75. The van der Waals surface area contributed by atoms with E-state index in [1.807, 2.05) is 0 Å². The van der Waals surface area contributed by atoms with Gasteiger partial charge >= 0.3 is 5.69 Å². The number of rotatable bonds is 3. The highest BCUT2D eigenvalue weighted by Gasteiger charge is 2.22. The summed E-state index contributed by atoms with van der Waals surface area (Å²) < 4.78 is 13.6. The molecule has 104 valence electrons. The number of benzene rings is 1. The molecule has 0 N–H and O–H groups in total. The highest BCUT2D eigenvalue weighted by molar-refractivity contribution is 9.09. The Hall–Kier alpha value is -0.970. The van der Waals surface area contributed by atoms with Crippen molar-refractivity contribution in [2.75, 3.05) is 0 Å². The number of halogens is 2. The highest BCUT2D eigenvalue weighted by Crippen LogP contribution is 2.32. The van der Waals surface area contributed by atoms with Gasteiger partial charge in [-0.1, -0.05) is 41.3 Å². The van der Waals surface area contributed by atoms with E-state index < -0.39 is 16.4 Å². The minimum absolute atomic E-state index is 0.444. The van der Waals surface area contributed by atoms with Crippen molar-refractivity contribution >= 4 is 21.6 Å². The lowest BCUT2D eigenvalue weighted by molar-refractivity contribution is -0.387. The van der Waals surface area contributed by atoms with E-state index in [-0.39, 0.29) is 0 Å². The largest absolute Gasteiger partial charge is 0.304 e. The van der Waals surface area contributed by atoms with Crippen LogP contribution in [0.4, 0.5) is 10.1 Å². The minimum Gasteiger partial charge on any atom is -0.258 e. The summed E-state index contributed by atoms with van der Waals surface area (Å²) >= 11 is 3.72. The number of alkyl halides is 1. The Balaban J connectivity index is 2.10. The van der Waals surface area contributed by atoms with E-state index in [1.54, 1.807) is 6.07 Å². The van der Waals surface area contributed by atoms with Crippen molar-refractivity contribution in [2.45, 2.75) is 43.4 Å². The average molecular weight is 330 g/mol. The van der Waals surface area contributed by atoms with Gasteiger partial charge < -0.3 is 0 Å². The Morgan fingerprint density at radius 1 is 1.32 bits per heavy atom. The number of nitro benzene ring substituents is 1. The summed E-state index contributed by atoms with van der Waals surface area (Å²) in [4.78, 5) is 10.4. The van der Waals surface area contributed by atoms with Crippen molar-refractivity contribution in [3.63, 3.8) is 0 Å². The monoisotopic (exact) mass is 329 g/mol. The third-order valence-corrected chi connectivity index (χ3v) is 4.98. The molecule has 0 heterocycles. The molecule has 0 spiro atoms. The first-order valence-corrected chi connectivity index (χ1v) is 7.56. The van der Waals surface area contributed by atoms with Crippen molar-refractivity contribution in [2.24, 2.45) is 5.92 Å². The first-order chi connectivity index (χ1) is 9.08. The average Bonchev–Trinajstić information content (AvgIpc) is 2.55. The molecule has 1 aromatic rings. The quantitative estimate of drug-likeness (QED) is 0.351. The number of nitro groups is 1. The molecule has 2 rings (SSSR count). The van der Waals surface area contributed by atoms with Gasteiger partial charge in [-0.15, -0.1) is 0 Å². The molecule has 3 nitrogen and oxygen atoms in total. The lowest BCUT2D eigenvalue weighted by atomic mass is 9.92. The predicted octanol–water partition coefficient (Wildman–Crippen LogP) is 4.62. The van der Waals surface area contributed by atoms with E-state index in [1.165, 1.54) is 31.4 Å². The molecule has 0 aromatic heterocycles. The Bertz CT molecular complexity index is 467. The van der Waals surface area contributed by atoms with Gasteiger partial charge in [0.25, 0.3) is 0 Å². The molecule has 1 aliphatic carbocycles. The molecule has 1 aromatic carbocycles. The van der Waals surface area contributed by atoms with Crippen LogP contribution in [0, 0.1) is 21.8 Å². The molecule has 2 atom stereocenters. The Morgan fingerprint density at radius 3 is 2.74 bits per heavy atom. The van der Waals surface area contributed by atoms with E-state index in [0.29, 0.717) is 10.7 Å². The van der Waals surface area contributed by atoms with Crippen LogP contribution in [0.2, 0.25) is 0 Å². The fraction of sp³-hybridized carbons (Fsp3) is 0.571. The highest BCUT2D eigenvalue weighted by atomic mass is 79.9. The molecule has 19 heavy (non-hydrogen) atoms. The van der Waals surface area contributed by atoms with Crippen LogP contribution in [0.25, 0.3) is 0 Å². The van der Waals surface area contributed by atoms with Crippen molar-refractivity contribution in [1.82, 2.24) is 0 Å². The van der Waals surface area contributed by atoms with Crippen LogP contribution in [-0.2, 0) is 6.42 Å². The summed E-state index contributed by atoms with van der Waals surface area (Å²) in [5.74, 6) is -0.245. The maximum atomic E-state index is 13.6. The summed E-state index contributed by atoms with van der Waals surface area (Å²) in [6, 6.07) is 4.25. The lowest BCUT2D eigenvalue weighted by Gasteiger charge is -2.19. The van der Waals surface area contributed by atoms with Crippen LogP contribution in [0.3, 0.4) is 0 Å². The molecule has 2 unspecified atom stereocenters. The van der Waals surface area contributed by atoms with Crippen LogP contribution < -0.4 is 0 Å². The first kappa shape index (κ1) is 14.4. The maximum Gasteiger partial charge on any atom is 0.304 e. The molecule has 1 saturated carbocycles. The second-order valence-corrected chi connectivity index (χ2v) is 6.34. The SMILES string of the molecule is O=[N+]([O-])c1ccc(CC2CCCCCC2Br)cc1F. The van der Waals surface area contributed by atoms with Crippen LogP contribution in [0.5, 0.6) is 0 Å². The molecule has 0 aliphatic heterocycles. The van der Waals surface area contributed by atoms with Crippen molar-refractivity contribution in [3.05, 3.63) is 39.7 Å². The molecule has 0 amide bonds. The van der Waals surface area contributed by atoms with Gasteiger partial charge in [0.15, 0.2) is 0 Å². The molecule has 0 bridgehead atoms. The Labute approximate surface area is 120 Å². The summed E-state index contributed by atoms with van der Waals surface area (Å²) in [6.45, 7) is 0. The van der Waals surface area contributed by atoms with Gasteiger partial charge in [0.2, 0.25) is 5.82 Å². The number of hydrogen-bond donors (Lipinski definition) is 0. The smallest absolute Gasteiger partial charge is 0.258 e. The molecular weight excluding hydrogens is 313 g/mol. The van der Waals surface area contributed by atoms with E-state index >= 15 is 0 Å². The van der Waals surface area contributed by atoms with Gasteiger partial charge in [0.1, 0.15) is 0 Å². The summed E-state index contributed by atoms with van der Waals surface area (Å²) in [5.41, 5.74) is 0.402. The van der Waals surface area contributed by atoms with Crippen LogP contribution in [-0.4, -0.2) is 9.75 Å². The summed E-state index contributed by atoms with van der Waals surface area (Å²) in [5, 5.41) is 10.6. The van der Waals surface area contributed by atoms with Gasteiger partial charge in [-0.25, -0.2) is 0 Å². The van der Waals surface area contributed by atoms with Crippen molar-refractivity contribution < 1.29 is 9.31 Å². The zero-order valence-electron chi connectivity index (χ0n) is 10.6. The first-order valence-electron chi connectivity index (χ1n) is 6.65. The van der Waals surface area contributed by atoms with E-state index in [4.69, 9.17) is 0 Å². The number of hydrogen-bond acceptors (Lipinski definition) is 2. The summed E-state index contributed by atoms with van der Waals surface area (Å²) in [7, 11) is 0. The maximum absolute atomic E-state index is 13.6. The van der Waals surface area contributed by atoms with Gasteiger partial charge in [-0.05, 0) is 36.8 Å². The third-order valence-electron chi connectivity index (χ3n) is 3.77. The van der Waals surface area contributed by atoms with Crippen molar-refractivity contribution in [3.8, 4) is 0 Å². The number of nitrogens with zero attached hydrogens (tertiary/aromatic N) is 1. The Kier molecular flexibility index (Phi) is 4.91.